The van der Waals surface area contributed by atoms with E-state index in [0.717, 1.165) is 10.6 Å². The van der Waals surface area contributed by atoms with Crippen LogP contribution in [0.4, 0.5) is 5.13 Å². The van der Waals surface area contributed by atoms with Gasteiger partial charge in [-0.1, -0.05) is 17.4 Å². The molecular formula is C17H14N4O2S2. The minimum Gasteiger partial charge on any atom is -0.333 e. The fourth-order valence-electron chi connectivity index (χ4n) is 2.67. The highest BCUT2D eigenvalue weighted by Crippen LogP contribution is 2.29. The molecule has 1 aliphatic rings. The van der Waals surface area contributed by atoms with E-state index in [-0.39, 0.29) is 11.8 Å². The maximum absolute atomic E-state index is 12.6. The van der Waals surface area contributed by atoms with E-state index in [4.69, 9.17) is 0 Å². The number of fused-ring (bicyclic) bond motifs is 1. The zero-order valence-corrected chi connectivity index (χ0v) is 14.8. The number of aromatic nitrogens is 2. The first-order valence-electron chi connectivity index (χ1n) is 7.73. The molecule has 1 aliphatic heterocycles. The summed E-state index contributed by atoms with van der Waals surface area (Å²) < 4.78 is 0. The lowest BCUT2D eigenvalue weighted by Gasteiger charge is -2.26. The molecular weight excluding hydrogens is 356 g/mol. The smallest absolute Gasteiger partial charge is 0.267 e. The number of thiazole rings is 1. The summed E-state index contributed by atoms with van der Waals surface area (Å²) in [6, 6.07) is 7.06. The van der Waals surface area contributed by atoms with Crippen LogP contribution in [0.1, 0.15) is 30.6 Å². The van der Waals surface area contributed by atoms with Gasteiger partial charge in [0.25, 0.3) is 11.8 Å². The number of thiophene rings is 1. The topological polar surface area (TPSA) is 75.2 Å². The molecule has 2 amide bonds. The van der Waals surface area contributed by atoms with Crippen LogP contribution in [-0.2, 0) is 13.0 Å². The van der Waals surface area contributed by atoms with Crippen molar-refractivity contribution in [2.24, 2.45) is 0 Å². The Labute approximate surface area is 152 Å². The van der Waals surface area contributed by atoms with Crippen LogP contribution in [0.25, 0.3) is 0 Å². The number of pyridine rings is 1. The normalized spacial score (nSPS) is 13.4. The third-order valence-corrected chi connectivity index (χ3v) is 5.78. The first-order chi connectivity index (χ1) is 12.2. The van der Waals surface area contributed by atoms with Crippen LogP contribution in [0, 0.1) is 0 Å². The Morgan fingerprint density at radius 3 is 2.80 bits per heavy atom. The molecule has 126 valence electrons. The second kappa shape index (κ2) is 6.73. The van der Waals surface area contributed by atoms with Crippen LogP contribution < -0.4 is 5.32 Å². The lowest BCUT2D eigenvalue weighted by molar-refractivity contribution is 0.0736. The number of hydrogen-bond acceptors (Lipinski definition) is 6. The van der Waals surface area contributed by atoms with E-state index in [9.17, 15) is 9.59 Å². The molecule has 8 heteroatoms. The highest BCUT2D eigenvalue weighted by atomic mass is 32.1. The Kier molecular flexibility index (Phi) is 4.29. The maximum atomic E-state index is 12.6. The Morgan fingerprint density at radius 1 is 1.20 bits per heavy atom. The summed E-state index contributed by atoms with van der Waals surface area (Å²) in [4.78, 5) is 36.6. The molecule has 3 aromatic rings. The third-order valence-electron chi connectivity index (χ3n) is 3.91. The van der Waals surface area contributed by atoms with Crippen molar-refractivity contribution in [1.82, 2.24) is 14.9 Å². The highest BCUT2D eigenvalue weighted by molar-refractivity contribution is 7.16. The Bertz CT molecular complexity index is 906. The van der Waals surface area contributed by atoms with Crippen molar-refractivity contribution in [2.75, 3.05) is 11.9 Å². The molecule has 4 rings (SSSR count). The van der Waals surface area contributed by atoms with Crippen molar-refractivity contribution in [2.45, 2.75) is 13.0 Å². The van der Waals surface area contributed by atoms with Crippen LogP contribution >= 0.6 is 22.7 Å². The quantitative estimate of drug-likeness (QED) is 0.769. The van der Waals surface area contributed by atoms with Crippen molar-refractivity contribution in [3.63, 3.8) is 0 Å². The lowest BCUT2D eigenvalue weighted by atomic mass is 10.1. The van der Waals surface area contributed by atoms with Gasteiger partial charge in [-0.3, -0.25) is 19.9 Å². The van der Waals surface area contributed by atoms with Gasteiger partial charge < -0.3 is 4.90 Å². The summed E-state index contributed by atoms with van der Waals surface area (Å²) in [7, 11) is 0. The minimum absolute atomic E-state index is 0.00868. The van der Waals surface area contributed by atoms with Gasteiger partial charge in [0, 0.05) is 35.8 Å². The van der Waals surface area contributed by atoms with Gasteiger partial charge in [0.15, 0.2) is 5.13 Å². The van der Waals surface area contributed by atoms with Crippen LogP contribution in [0.15, 0.2) is 42.0 Å². The molecule has 4 heterocycles. The monoisotopic (exact) mass is 370 g/mol. The van der Waals surface area contributed by atoms with E-state index in [1.54, 1.807) is 35.5 Å². The molecule has 0 aliphatic carbocycles. The molecule has 0 radical (unpaired) electrons. The summed E-state index contributed by atoms with van der Waals surface area (Å²) in [6.45, 7) is 1.14. The predicted molar refractivity (Wildman–Crippen MR) is 97.1 cm³/mol. The number of rotatable bonds is 3. The van der Waals surface area contributed by atoms with Crippen molar-refractivity contribution in [1.29, 1.82) is 0 Å². The average molecular weight is 370 g/mol. The molecule has 0 fully saturated rings. The second-order valence-corrected chi connectivity index (χ2v) is 7.56. The molecule has 25 heavy (non-hydrogen) atoms. The number of hydrogen-bond donors (Lipinski definition) is 1. The molecule has 0 aromatic carbocycles. The van der Waals surface area contributed by atoms with E-state index in [2.05, 4.69) is 15.3 Å². The SMILES string of the molecule is O=C(Nc1nc2c(s1)CN(C(=O)c1ccncc1)CC2)c1cccs1. The zero-order valence-electron chi connectivity index (χ0n) is 13.1. The third kappa shape index (κ3) is 3.31. The van der Waals surface area contributed by atoms with Gasteiger partial charge in [-0.15, -0.1) is 11.3 Å². The summed E-state index contributed by atoms with van der Waals surface area (Å²) in [5.74, 6) is -0.156. The van der Waals surface area contributed by atoms with Crippen LogP contribution in [-0.4, -0.2) is 33.2 Å². The summed E-state index contributed by atoms with van der Waals surface area (Å²) in [5, 5.41) is 5.29. The Balaban J connectivity index is 1.48. The first-order valence-corrected chi connectivity index (χ1v) is 9.43. The van der Waals surface area contributed by atoms with Gasteiger partial charge in [-0.05, 0) is 23.6 Å². The van der Waals surface area contributed by atoms with Gasteiger partial charge in [-0.25, -0.2) is 4.98 Å². The van der Waals surface area contributed by atoms with Gasteiger partial charge in [-0.2, -0.15) is 0 Å². The molecule has 3 aromatic heterocycles. The molecule has 0 spiro atoms. The van der Waals surface area contributed by atoms with Crippen molar-refractivity contribution >= 4 is 39.6 Å². The number of amides is 2. The fraction of sp³-hybridized carbons (Fsp3) is 0.176. The van der Waals surface area contributed by atoms with Crippen LogP contribution in [0.2, 0.25) is 0 Å². The molecule has 0 bridgehead atoms. The molecule has 1 N–H and O–H groups in total. The standard InChI is InChI=1S/C17H14N4O2S2/c22-15(13-2-1-9-24-13)20-17-19-12-5-8-21(10-14(12)25-17)16(23)11-3-6-18-7-4-11/h1-4,6-7,9H,5,8,10H2,(H,19,20,22). The minimum atomic E-state index is -0.147. The van der Waals surface area contributed by atoms with E-state index < -0.39 is 0 Å². The van der Waals surface area contributed by atoms with E-state index in [1.165, 1.54) is 22.7 Å². The number of nitrogens with zero attached hydrogens (tertiary/aromatic N) is 3. The predicted octanol–water partition coefficient (Wildman–Crippen LogP) is 3.05. The van der Waals surface area contributed by atoms with Gasteiger partial charge in [0.1, 0.15) is 0 Å². The number of nitrogens with one attached hydrogen (secondary N) is 1. The Morgan fingerprint density at radius 2 is 2.04 bits per heavy atom. The molecule has 0 saturated carbocycles. The van der Waals surface area contributed by atoms with Gasteiger partial charge in [0.2, 0.25) is 0 Å². The zero-order chi connectivity index (χ0) is 17.2. The van der Waals surface area contributed by atoms with E-state index in [1.807, 2.05) is 11.4 Å². The summed E-state index contributed by atoms with van der Waals surface area (Å²) in [6.07, 6.45) is 3.93. The fourth-order valence-corrected chi connectivity index (χ4v) is 4.30. The van der Waals surface area contributed by atoms with E-state index in [0.29, 0.717) is 35.1 Å². The summed E-state index contributed by atoms with van der Waals surface area (Å²) >= 11 is 2.83. The van der Waals surface area contributed by atoms with Crippen molar-refractivity contribution in [3.8, 4) is 0 Å². The number of anilines is 1. The molecule has 6 nitrogen and oxygen atoms in total. The van der Waals surface area contributed by atoms with Crippen LogP contribution in [0.5, 0.6) is 0 Å². The number of carbonyl (C=O) groups excluding carboxylic acids is 2. The Hall–Kier alpha value is -2.58. The maximum Gasteiger partial charge on any atom is 0.267 e. The number of carbonyl (C=O) groups is 2. The molecule has 0 atom stereocenters. The van der Waals surface area contributed by atoms with E-state index >= 15 is 0 Å². The van der Waals surface area contributed by atoms with Crippen molar-refractivity contribution in [3.05, 3.63) is 63.1 Å². The van der Waals surface area contributed by atoms with Gasteiger partial charge in [0.05, 0.1) is 17.1 Å². The molecule has 0 saturated heterocycles. The van der Waals surface area contributed by atoms with Crippen LogP contribution in [0.3, 0.4) is 0 Å². The molecule has 0 unspecified atom stereocenters. The largest absolute Gasteiger partial charge is 0.333 e. The lowest BCUT2D eigenvalue weighted by Crippen LogP contribution is -2.35. The first kappa shape index (κ1) is 15.9. The second-order valence-electron chi connectivity index (χ2n) is 5.53. The average Bonchev–Trinajstić information content (AvgIpc) is 3.30. The van der Waals surface area contributed by atoms with Gasteiger partial charge >= 0.3 is 0 Å². The summed E-state index contributed by atoms with van der Waals surface area (Å²) in [5.41, 5.74) is 1.60. The van der Waals surface area contributed by atoms with Crippen molar-refractivity contribution < 1.29 is 9.59 Å². The highest BCUT2D eigenvalue weighted by Gasteiger charge is 2.25.